The Morgan fingerprint density at radius 1 is 1.39 bits per heavy atom. The van der Waals surface area contributed by atoms with Crippen LogP contribution in [0.25, 0.3) is 5.69 Å². The first-order valence-electron chi connectivity index (χ1n) is 5.49. The van der Waals surface area contributed by atoms with Gasteiger partial charge < -0.3 is 5.73 Å². The highest BCUT2D eigenvalue weighted by Crippen LogP contribution is 2.27. The molecule has 0 aliphatic rings. The summed E-state index contributed by atoms with van der Waals surface area (Å²) in [5.41, 5.74) is 9.67. The largest absolute Gasteiger partial charge is 0.396 e. The van der Waals surface area contributed by atoms with Crippen LogP contribution >= 0.6 is 11.8 Å². The zero-order valence-electron chi connectivity index (χ0n) is 10.6. The van der Waals surface area contributed by atoms with E-state index >= 15 is 0 Å². The molecule has 0 fully saturated rings. The number of aryl methyl sites for hydroxylation is 1. The molecule has 2 rings (SSSR count). The van der Waals surface area contributed by atoms with E-state index in [1.807, 2.05) is 38.3 Å². The number of anilines is 1. The molecule has 0 aliphatic carbocycles. The summed E-state index contributed by atoms with van der Waals surface area (Å²) in [5, 5.41) is 13.7. The summed E-state index contributed by atoms with van der Waals surface area (Å²) in [6.07, 6.45) is 1.95. The quantitative estimate of drug-likeness (QED) is 0.841. The average molecular weight is 258 g/mol. The second kappa shape index (κ2) is 4.75. The Kier molecular flexibility index (Phi) is 3.30. The fourth-order valence-corrected chi connectivity index (χ4v) is 2.44. The van der Waals surface area contributed by atoms with Crippen molar-refractivity contribution in [3.05, 3.63) is 35.2 Å². The highest BCUT2D eigenvalue weighted by atomic mass is 32.2. The van der Waals surface area contributed by atoms with Gasteiger partial charge >= 0.3 is 0 Å². The normalized spacial score (nSPS) is 10.3. The van der Waals surface area contributed by atoms with Gasteiger partial charge in [0, 0.05) is 4.90 Å². The molecule has 1 aromatic carbocycles. The van der Waals surface area contributed by atoms with Gasteiger partial charge in [-0.2, -0.15) is 10.4 Å². The average Bonchev–Trinajstić information content (AvgIpc) is 2.65. The summed E-state index contributed by atoms with van der Waals surface area (Å²) in [6, 6.07) is 7.99. The molecule has 4 nitrogen and oxygen atoms in total. The topological polar surface area (TPSA) is 67.6 Å². The molecule has 0 atom stereocenters. The first kappa shape index (κ1) is 12.5. The minimum Gasteiger partial charge on any atom is -0.396 e. The smallest absolute Gasteiger partial charge is 0.103 e. The molecule has 92 valence electrons. The fourth-order valence-electron chi connectivity index (χ4n) is 1.87. The maximum Gasteiger partial charge on any atom is 0.103 e. The van der Waals surface area contributed by atoms with Crippen molar-refractivity contribution in [2.75, 3.05) is 12.0 Å². The van der Waals surface area contributed by atoms with Gasteiger partial charge in [-0.15, -0.1) is 11.8 Å². The summed E-state index contributed by atoms with van der Waals surface area (Å²) in [4.78, 5) is 0.945. The summed E-state index contributed by atoms with van der Waals surface area (Å²) in [6.45, 7) is 3.77. The number of thioether (sulfide) groups is 1. The molecule has 2 N–H and O–H groups in total. The predicted octanol–water partition coefficient (Wildman–Crippen LogP) is 2.66. The van der Waals surface area contributed by atoms with E-state index in [0.717, 1.165) is 22.0 Å². The molecule has 0 amide bonds. The van der Waals surface area contributed by atoms with Crippen LogP contribution in [0.3, 0.4) is 0 Å². The SMILES string of the molecule is CSc1cccc(-n2nc(C)c(N)c2C)c1C#N. The third kappa shape index (κ3) is 1.85. The van der Waals surface area contributed by atoms with E-state index in [4.69, 9.17) is 5.73 Å². The van der Waals surface area contributed by atoms with E-state index in [9.17, 15) is 5.26 Å². The molecule has 5 heteroatoms. The number of rotatable bonds is 2. The summed E-state index contributed by atoms with van der Waals surface area (Å²) < 4.78 is 1.74. The van der Waals surface area contributed by atoms with E-state index in [2.05, 4.69) is 11.2 Å². The minimum atomic E-state index is 0.635. The van der Waals surface area contributed by atoms with Crippen molar-refractivity contribution in [3.8, 4) is 11.8 Å². The number of hydrogen-bond donors (Lipinski definition) is 1. The number of nitrogens with two attached hydrogens (primary N) is 1. The third-order valence-electron chi connectivity index (χ3n) is 2.91. The molecule has 0 radical (unpaired) electrons. The van der Waals surface area contributed by atoms with E-state index in [1.165, 1.54) is 0 Å². The molecule has 0 bridgehead atoms. The number of nitrogen functional groups attached to an aromatic ring is 1. The van der Waals surface area contributed by atoms with Crippen molar-refractivity contribution in [1.29, 1.82) is 5.26 Å². The van der Waals surface area contributed by atoms with Crippen LogP contribution < -0.4 is 5.73 Å². The third-order valence-corrected chi connectivity index (χ3v) is 3.69. The Labute approximate surface area is 110 Å². The predicted molar refractivity (Wildman–Crippen MR) is 73.9 cm³/mol. The molecule has 0 saturated heterocycles. The molecule has 1 heterocycles. The molecular weight excluding hydrogens is 244 g/mol. The number of benzene rings is 1. The maximum atomic E-state index is 9.32. The minimum absolute atomic E-state index is 0.635. The molecule has 18 heavy (non-hydrogen) atoms. The second-order valence-corrected chi connectivity index (χ2v) is 4.81. The van der Waals surface area contributed by atoms with Gasteiger partial charge in [0.1, 0.15) is 6.07 Å². The lowest BCUT2D eigenvalue weighted by Crippen LogP contribution is -2.03. The molecule has 0 saturated carbocycles. The Morgan fingerprint density at radius 3 is 2.61 bits per heavy atom. The van der Waals surface area contributed by atoms with Crippen LogP contribution in [0.1, 0.15) is 17.0 Å². The van der Waals surface area contributed by atoms with E-state index < -0.39 is 0 Å². The van der Waals surface area contributed by atoms with Gasteiger partial charge in [0.15, 0.2) is 0 Å². The standard InChI is InChI=1S/C13H14N4S/c1-8-13(15)9(2)17(16-8)11-5-4-6-12(18-3)10(11)7-14/h4-6H,15H2,1-3H3. The Hall–Kier alpha value is -1.93. The summed E-state index contributed by atoms with van der Waals surface area (Å²) in [5.74, 6) is 0. The lowest BCUT2D eigenvalue weighted by Gasteiger charge is -2.09. The Balaban J connectivity index is 2.72. The Bertz CT molecular complexity index is 637. The Morgan fingerprint density at radius 2 is 2.11 bits per heavy atom. The monoisotopic (exact) mass is 258 g/mol. The second-order valence-electron chi connectivity index (χ2n) is 3.96. The van der Waals surface area contributed by atoms with Crippen LogP contribution in [0, 0.1) is 25.2 Å². The van der Waals surface area contributed by atoms with Gasteiger partial charge in [0.05, 0.1) is 28.3 Å². The van der Waals surface area contributed by atoms with Gasteiger partial charge in [-0.05, 0) is 32.2 Å². The molecule has 0 unspecified atom stereocenters. The van der Waals surface area contributed by atoms with Gasteiger partial charge in [-0.25, -0.2) is 4.68 Å². The van der Waals surface area contributed by atoms with Crippen LogP contribution in [0.5, 0.6) is 0 Å². The lowest BCUT2D eigenvalue weighted by molar-refractivity contribution is 0.828. The van der Waals surface area contributed by atoms with Crippen LogP contribution in [-0.2, 0) is 0 Å². The van der Waals surface area contributed by atoms with Gasteiger partial charge in [-0.3, -0.25) is 0 Å². The van der Waals surface area contributed by atoms with Crippen molar-refractivity contribution in [3.63, 3.8) is 0 Å². The van der Waals surface area contributed by atoms with Gasteiger partial charge in [-0.1, -0.05) is 6.07 Å². The van der Waals surface area contributed by atoms with Crippen molar-refractivity contribution in [2.24, 2.45) is 0 Å². The highest BCUT2D eigenvalue weighted by molar-refractivity contribution is 7.98. The number of nitrogens with zero attached hydrogens (tertiary/aromatic N) is 3. The van der Waals surface area contributed by atoms with Crippen molar-refractivity contribution in [1.82, 2.24) is 9.78 Å². The van der Waals surface area contributed by atoms with E-state index in [-0.39, 0.29) is 0 Å². The zero-order valence-corrected chi connectivity index (χ0v) is 11.4. The summed E-state index contributed by atoms with van der Waals surface area (Å²) in [7, 11) is 0. The summed E-state index contributed by atoms with van der Waals surface area (Å²) >= 11 is 1.55. The number of aromatic nitrogens is 2. The van der Waals surface area contributed by atoms with Crippen molar-refractivity contribution >= 4 is 17.4 Å². The molecular formula is C13H14N4S. The molecule has 2 aromatic rings. The number of hydrogen-bond acceptors (Lipinski definition) is 4. The number of nitriles is 1. The maximum absolute atomic E-state index is 9.32. The van der Waals surface area contributed by atoms with E-state index in [1.54, 1.807) is 16.4 Å². The van der Waals surface area contributed by atoms with Crippen LogP contribution in [0.2, 0.25) is 0 Å². The molecule has 0 aliphatic heterocycles. The van der Waals surface area contributed by atoms with E-state index in [0.29, 0.717) is 11.3 Å². The van der Waals surface area contributed by atoms with Crippen molar-refractivity contribution < 1.29 is 0 Å². The van der Waals surface area contributed by atoms with Gasteiger partial charge in [0.2, 0.25) is 0 Å². The van der Waals surface area contributed by atoms with Gasteiger partial charge in [0.25, 0.3) is 0 Å². The van der Waals surface area contributed by atoms with Crippen LogP contribution in [0.4, 0.5) is 5.69 Å². The van der Waals surface area contributed by atoms with Crippen LogP contribution in [-0.4, -0.2) is 16.0 Å². The fraction of sp³-hybridized carbons (Fsp3) is 0.231. The van der Waals surface area contributed by atoms with Crippen LogP contribution in [0.15, 0.2) is 23.1 Å². The highest BCUT2D eigenvalue weighted by Gasteiger charge is 2.14. The zero-order chi connectivity index (χ0) is 13.3. The lowest BCUT2D eigenvalue weighted by atomic mass is 10.2. The molecule has 0 spiro atoms. The first-order valence-corrected chi connectivity index (χ1v) is 6.71. The molecule has 1 aromatic heterocycles. The van der Waals surface area contributed by atoms with Crippen molar-refractivity contribution in [2.45, 2.75) is 18.7 Å². The first-order chi connectivity index (χ1) is 8.60.